The summed E-state index contributed by atoms with van der Waals surface area (Å²) in [7, 11) is 0. The number of nitrogens with one attached hydrogen (secondary N) is 1. The zero-order valence-electron chi connectivity index (χ0n) is 16.7. The number of morpholine rings is 1. The Bertz CT molecular complexity index is 1200. The Morgan fingerprint density at radius 2 is 1.93 bits per heavy atom. The quantitative estimate of drug-likeness (QED) is 0.375. The molecule has 154 valence electrons. The van der Waals surface area contributed by atoms with Gasteiger partial charge in [0, 0.05) is 42.5 Å². The Morgan fingerprint density at radius 3 is 2.77 bits per heavy atom. The number of thiophene rings is 1. The molecular weight excluding hydrogens is 396 g/mol. The van der Waals surface area contributed by atoms with Gasteiger partial charge >= 0.3 is 5.63 Å². The van der Waals surface area contributed by atoms with E-state index in [1.54, 1.807) is 17.4 Å². The minimum atomic E-state index is -0.308. The third-order valence-electron chi connectivity index (χ3n) is 5.73. The van der Waals surface area contributed by atoms with Gasteiger partial charge in [0.15, 0.2) is 0 Å². The number of fused-ring (bicyclic) bond motifs is 3. The molecule has 30 heavy (non-hydrogen) atoms. The summed E-state index contributed by atoms with van der Waals surface area (Å²) < 4.78 is 11.0. The first-order valence-corrected chi connectivity index (χ1v) is 11.2. The topological polar surface area (TPSA) is 54.7 Å². The molecule has 5 nitrogen and oxygen atoms in total. The van der Waals surface area contributed by atoms with E-state index in [2.05, 4.69) is 39.9 Å². The van der Waals surface area contributed by atoms with Crippen LogP contribution in [-0.2, 0) is 11.3 Å². The van der Waals surface area contributed by atoms with Crippen molar-refractivity contribution in [1.29, 1.82) is 0 Å². The van der Waals surface area contributed by atoms with Crippen LogP contribution in [0, 0.1) is 0 Å². The van der Waals surface area contributed by atoms with Gasteiger partial charge in [0.25, 0.3) is 0 Å². The van der Waals surface area contributed by atoms with Gasteiger partial charge in [-0.3, -0.25) is 4.90 Å². The van der Waals surface area contributed by atoms with Crippen LogP contribution in [-0.4, -0.2) is 37.7 Å². The summed E-state index contributed by atoms with van der Waals surface area (Å²) in [4.78, 5) is 16.0. The average Bonchev–Trinajstić information content (AvgIpc) is 3.31. The number of nitrogens with zero attached hydrogens (tertiary/aromatic N) is 1. The molecule has 2 aromatic heterocycles. The van der Waals surface area contributed by atoms with Crippen molar-refractivity contribution in [2.45, 2.75) is 12.6 Å². The highest BCUT2D eigenvalue weighted by Gasteiger charge is 2.23. The molecule has 0 radical (unpaired) electrons. The fourth-order valence-corrected chi connectivity index (χ4v) is 5.14. The molecule has 2 aromatic carbocycles. The van der Waals surface area contributed by atoms with Gasteiger partial charge in [0.2, 0.25) is 0 Å². The van der Waals surface area contributed by atoms with E-state index in [-0.39, 0.29) is 5.63 Å². The number of hydrogen-bond donors (Lipinski definition) is 1. The van der Waals surface area contributed by atoms with Gasteiger partial charge in [-0.2, -0.15) is 0 Å². The highest BCUT2D eigenvalue weighted by atomic mass is 32.1. The SMILES string of the molecule is O=c1cc(CNC[C@H](c2cccs2)N2CCOCC2)c2c(ccc3ccccc32)o1. The third kappa shape index (κ3) is 3.91. The van der Waals surface area contributed by atoms with Crippen molar-refractivity contribution in [3.8, 4) is 0 Å². The molecule has 5 rings (SSSR count). The largest absolute Gasteiger partial charge is 0.423 e. The van der Waals surface area contributed by atoms with Crippen molar-refractivity contribution >= 4 is 33.1 Å². The first kappa shape index (κ1) is 19.5. The normalized spacial score (nSPS) is 16.3. The molecule has 1 atom stereocenters. The predicted octanol–water partition coefficient (Wildman–Crippen LogP) is 4.17. The molecule has 6 heteroatoms. The molecule has 1 saturated heterocycles. The standard InChI is InChI=1S/C24H24N2O3S/c27-23-14-18(24-19-5-2-1-4-17(19)7-8-21(24)29-23)15-25-16-20(22-6-3-13-30-22)26-9-11-28-12-10-26/h1-8,13-14,20,25H,9-12,15-16H2/t20-/m1/s1. The van der Waals surface area contributed by atoms with Crippen LogP contribution in [0.5, 0.6) is 0 Å². The van der Waals surface area contributed by atoms with E-state index in [4.69, 9.17) is 9.15 Å². The van der Waals surface area contributed by atoms with Gasteiger partial charge in [-0.05, 0) is 33.8 Å². The maximum absolute atomic E-state index is 12.2. The Hall–Kier alpha value is -2.51. The second-order valence-corrected chi connectivity index (χ2v) is 8.54. The number of ether oxygens (including phenoxy) is 1. The van der Waals surface area contributed by atoms with Crippen molar-refractivity contribution < 1.29 is 9.15 Å². The second-order valence-electron chi connectivity index (χ2n) is 7.56. The lowest BCUT2D eigenvalue weighted by Crippen LogP contribution is -2.42. The molecule has 1 N–H and O–H groups in total. The predicted molar refractivity (Wildman–Crippen MR) is 121 cm³/mol. The fraction of sp³-hybridized carbons (Fsp3) is 0.292. The van der Waals surface area contributed by atoms with Gasteiger partial charge in [-0.15, -0.1) is 11.3 Å². The zero-order valence-corrected chi connectivity index (χ0v) is 17.5. The van der Waals surface area contributed by atoms with Gasteiger partial charge in [0.1, 0.15) is 5.58 Å². The third-order valence-corrected chi connectivity index (χ3v) is 6.70. The Balaban J connectivity index is 1.42. The van der Waals surface area contributed by atoms with Crippen LogP contribution in [0.3, 0.4) is 0 Å². The van der Waals surface area contributed by atoms with E-state index in [0.717, 1.165) is 54.6 Å². The summed E-state index contributed by atoms with van der Waals surface area (Å²) in [6, 6.07) is 18.4. The van der Waals surface area contributed by atoms with E-state index >= 15 is 0 Å². The highest BCUT2D eigenvalue weighted by Crippen LogP contribution is 2.28. The lowest BCUT2D eigenvalue weighted by atomic mass is 10.0. The lowest BCUT2D eigenvalue weighted by molar-refractivity contribution is 0.0168. The van der Waals surface area contributed by atoms with E-state index in [1.807, 2.05) is 24.3 Å². The van der Waals surface area contributed by atoms with Crippen molar-refractivity contribution in [2.75, 3.05) is 32.8 Å². The minimum Gasteiger partial charge on any atom is -0.423 e. The van der Waals surface area contributed by atoms with Gasteiger partial charge in [0.05, 0.1) is 19.3 Å². The molecule has 1 aliphatic rings. The summed E-state index contributed by atoms with van der Waals surface area (Å²) in [6.07, 6.45) is 0. The zero-order chi connectivity index (χ0) is 20.3. The van der Waals surface area contributed by atoms with Crippen molar-refractivity contribution in [3.63, 3.8) is 0 Å². The molecule has 0 amide bonds. The molecule has 0 aliphatic carbocycles. The van der Waals surface area contributed by atoms with Crippen LogP contribution >= 0.6 is 11.3 Å². The van der Waals surface area contributed by atoms with E-state index in [9.17, 15) is 4.79 Å². The van der Waals surface area contributed by atoms with Crippen LogP contribution in [0.4, 0.5) is 0 Å². The van der Waals surface area contributed by atoms with Gasteiger partial charge < -0.3 is 14.5 Å². The molecule has 0 bridgehead atoms. The molecule has 0 unspecified atom stereocenters. The number of hydrogen-bond acceptors (Lipinski definition) is 6. The summed E-state index contributed by atoms with van der Waals surface area (Å²) in [5, 5.41) is 9.01. The highest BCUT2D eigenvalue weighted by molar-refractivity contribution is 7.10. The summed E-state index contributed by atoms with van der Waals surface area (Å²) in [6.45, 7) is 4.85. The van der Waals surface area contributed by atoms with Crippen LogP contribution in [0.15, 0.2) is 69.2 Å². The second kappa shape index (κ2) is 8.70. The van der Waals surface area contributed by atoms with Crippen LogP contribution in [0.25, 0.3) is 21.7 Å². The lowest BCUT2D eigenvalue weighted by Gasteiger charge is -2.34. The summed E-state index contributed by atoms with van der Waals surface area (Å²) in [5.41, 5.74) is 1.31. The van der Waals surface area contributed by atoms with Crippen molar-refractivity contribution in [3.05, 3.63) is 80.8 Å². The maximum atomic E-state index is 12.2. The first-order chi connectivity index (χ1) is 14.8. The van der Waals surface area contributed by atoms with Crippen molar-refractivity contribution in [1.82, 2.24) is 10.2 Å². The molecule has 0 saturated carbocycles. The Morgan fingerprint density at radius 1 is 1.07 bits per heavy atom. The summed E-state index contributed by atoms with van der Waals surface area (Å²) in [5.74, 6) is 0. The summed E-state index contributed by atoms with van der Waals surface area (Å²) >= 11 is 1.79. The van der Waals surface area contributed by atoms with Crippen LogP contribution < -0.4 is 10.9 Å². The Labute approximate surface area is 178 Å². The number of rotatable bonds is 6. The average molecular weight is 421 g/mol. The maximum Gasteiger partial charge on any atom is 0.336 e. The van der Waals surface area contributed by atoms with E-state index < -0.39 is 0 Å². The monoisotopic (exact) mass is 420 g/mol. The number of benzene rings is 2. The van der Waals surface area contributed by atoms with Gasteiger partial charge in [-0.25, -0.2) is 4.79 Å². The molecule has 1 fully saturated rings. The van der Waals surface area contributed by atoms with Crippen LogP contribution in [0.2, 0.25) is 0 Å². The molecule has 4 aromatic rings. The minimum absolute atomic E-state index is 0.303. The van der Waals surface area contributed by atoms with E-state index in [0.29, 0.717) is 18.2 Å². The Kier molecular flexibility index (Phi) is 5.64. The molecule has 3 heterocycles. The van der Waals surface area contributed by atoms with Crippen LogP contribution in [0.1, 0.15) is 16.5 Å². The van der Waals surface area contributed by atoms with Gasteiger partial charge in [-0.1, -0.05) is 36.4 Å². The van der Waals surface area contributed by atoms with Crippen molar-refractivity contribution in [2.24, 2.45) is 0 Å². The first-order valence-electron chi connectivity index (χ1n) is 10.3. The fourth-order valence-electron chi connectivity index (χ4n) is 4.28. The molecule has 1 aliphatic heterocycles. The smallest absolute Gasteiger partial charge is 0.336 e. The van der Waals surface area contributed by atoms with E-state index in [1.165, 1.54) is 4.88 Å². The molecular formula is C24H24N2O3S. The molecule has 0 spiro atoms.